The molecular weight excluding hydrogens is 310 g/mol. The van der Waals surface area contributed by atoms with Gasteiger partial charge in [0.15, 0.2) is 17.2 Å². The zero-order valence-corrected chi connectivity index (χ0v) is 12.3. The molecule has 7 heteroatoms. The first-order valence-corrected chi connectivity index (χ1v) is 6.98. The number of carbonyl (C=O) groups is 1. The second-order valence-electron chi connectivity index (χ2n) is 4.98. The number of nitrogens with one attached hydrogen (secondary N) is 1. The Kier molecular flexibility index (Phi) is 3.98. The van der Waals surface area contributed by atoms with Gasteiger partial charge in [0.05, 0.1) is 11.7 Å². The van der Waals surface area contributed by atoms with Crippen molar-refractivity contribution in [1.82, 2.24) is 10.4 Å². The molecule has 3 aromatic rings. The molecule has 2 aromatic carbocycles. The molecule has 1 heterocycles. The lowest BCUT2D eigenvalue weighted by Crippen LogP contribution is -2.17. The molecule has 7 nitrogen and oxygen atoms in total. The van der Waals surface area contributed by atoms with Crippen molar-refractivity contribution in [2.24, 2.45) is 5.10 Å². The Bertz CT molecular complexity index is 925. The number of phenolic OH excluding ortho intramolecular Hbond substituents is 3. The number of para-hydroxylation sites is 1. The van der Waals surface area contributed by atoms with Crippen LogP contribution in [0, 0.1) is 0 Å². The lowest BCUT2D eigenvalue weighted by Gasteiger charge is -2.05. The molecule has 0 saturated carbocycles. The van der Waals surface area contributed by atoms with E-state index in [0.29, 0.717) is 0 Å². The molecule has 3 rings (SSSR count). The number of hydrogen-bond donors (Lipinski definition) is 4. The van der Waals surface area contributed by atoms with Crippen molar-refractivity contribution in [3.05, 3.63) is 59.8 Å². The summed E-state index contributed by atoms with van der Waals surface area (Å²) in [7, 11) is 0. The minimum atomic E-state index is -0.682. The van der Waals surface area contributed by atoms with Crippen LogP contribution in [-0.4, -0.2) is 32.4 Å². The summed E-state index contributed by atoms with van der Waals surface area (Å²) >= 11 is 0. The number of rotatable bonds is 3. The average molecular weight is 323 g/mol. The van der Waals surface area contributed by atoms with Crippen molar-refractivity contribution in [3.63, 3.8) is 0 Å². The van der Waals surface area contributed by atoms with Gasteiger partial charge >= 0.3 is 0 Å². The van der Waals surface area contributed by atoms with E-state index < -0.39 is 23.2 Å². The van der Waals surface area contributed by atoms with E-state index in [1.165, 1.54) is 6.21 Å². The highest BCUT2D eigenvalue weighted by atomic mass is 16.3. The molecule has 0 fully saturated rings. The van der Waals surface area contributed by atoms with Crippen LogP contribution >= 0.6 is 0 Å². The first-order valence-electron chi connectivity index (χ1n) is 6.98. The van der Waals surface area contributed by atoms with Gasteiger partial charge in [-0.05, 0) is 24.3 Å². The molecule has 4 N–H and O–H groups in total. The van der Waals surface area contributed by atoms with Gasteiger partial charge in [-0.25, -0.2) is 5.43 Å². The SMILES string of the molecule is O=C(N/N=C/c1ccnc2ccccc12)c1cc(O)c(O)c(O)c1. The number of pyridine rings is 1. The maximum atomic E-state index is 12.0. The van der Waals surface area contributed by atoms with E-state index in [1.807, 2.05) is 24.3 Å². The molecule has 0 radical (unpaired) electrons. The van der Waals surface area contributed by atoms with E-state index in [-0.39, 0.29) is 5.56 Å². The van der Waals surface area contributed by atoms with Crippen molar-refractivity contribution in [3.8, 4) is 17.2 Å². The van der Waals surface area contributed by atoms with Crippen LogP contribution in [0.25, 0.3) is 10.9 Å². The zero-order valence-electron chi connectivity index (χ0n) is 12.3. The third kappa shape index (κ3) is 2.95. The van der Waals surface area contributed by atoms with Crippen molar-refractivity contribution in [1.29, 1.82) is 0 Å². The number of aromatic hydroxyl groups is 3. The molecule has 0 saturated heterocycles. The fraction of sp³-hybridized carbons (Fsp3) is 0. The molecule has 0 atom stereocenters. The monoisotopic (exact) mass is 323 g/mol. The Morgan fingerprint density at radius 3 is 2.54 bits per heavy atom. The Balaban J connectivity index is 1.80. The molecule has 1 amide bonds. The standard InChI is InChI=1S/C17H13N3O4/c21-14-7-11(8-15(22)16(14)23)17(24)20-19-9-10-5-6-18-13-4-2-1-3-12(10)13/h1-9,21-23H,(H,20,24)/b19-9+. The summed E-state index contributed by atoms with van der Waals surface area (Å²) in [6, 6.07) is 11.3. The van der Waals surface area contributed by atoms with E-state index in [9.17, 15) is 20.1 Å². The van der Waals surface area contributed by atoms with E-state index in [0.717, 1.165) is 28.6 Å². The first-order chi connectivity index (χ1) is 11.6. The lowest BCUT2D eigenvalue weighted by molar-refractivity contribution is 0.0954. The smallest absolute Gasteiger partial charge is 0.271 e. The molecule has 0 bridgehead atoms. The molecule has 0 aliphatic carbocycles. The third-order valence-corrected chi connectivity index (χ3v) is 3.38. The van der Waals surface area contributed by atoms with E-state index in [4.69, 9.17) is 0 Å². The van der Waals surface area contributed by atoms with Crippen LogP contribution in [0.4, 0.5) is 0 Å². The topological polar surface area (TPSA) is 115 Å². The van der Waals surface area contributed by atoms with Crippen LogP contribution in [0.3, 0.4) is 0 Å². The highest BCUT2D eigenvalue weighted by Crippen LogP contribution is 2.35. The number of carbonyl (C=O) groups excluding carboxylic acids is 1. The summed E-state index contributed by atoms with van der Waals surface area (Å²) in [5, 5.41) is 32.9. The second-order valence-corrected chi connectivity index (χ2v) is 4.98. The lowest BCUT2D eigenvalue weighted by atomic mass is 10.1. The molecule has 120 valence electrons. The molecule has 0 unspecified atom stereocenters. The minimum Gasteiger partial charge on any atom is -0.504 e. The van der Waals surface area contributed by atoms with Crippen LogP contribution in [0.5, 0.6) is 17.2 Å². The third-order valence-electron chi connectivity index (χ3n) is 3.38. The van der Waals surface area contributed by atoms with E-state index in [2.05, 4.69) is 15.5 Å². The van der Waals surface area contributed by atoms with Gasteiger partial charge in [0.2, 0.25) is 0 Å². The van der Waals surface area contributed by atoms with Gasteiger partial charge in [0.1, 0.15) is 0 Å². The highest BCUT2D eigenvalue weighted by molar-refractivity contribution is 5.99. The number of phenols is 3. The largest absolute Gasteiger partial charge is 0.504 e. The van der Waals surface area contributed by atoms with Crippen molar-refractivity contribution < 1.29 is 20.1 Å². The predicted molar refractivity (Wildman–Crippen MR) is 88.2 cm³/mol. The molecule has 0 spiro atoms. The summed E-state index contributed by atoms with van der Waals surface area (Å²) < 4.78 is 0. The van der Waals surface area contributed by atoms with Crippen LogP contribution in [0.1, 0.15) is 15.9 Å². The van der Waals surface area contributed by atoms with Crippen molar-refractivity contribution in [2.75, 3.05) is 0 Å². The number of hydrazone groups is 1. The number of nitrogens with zero attached hydrogens (tertiary/aromatic N) is 2. The zero-order chi connectivity index (χ0) is 17.1. The maximum Gasteiger partial charge on any atom is 0.271 e. The number of benzene rings is 2. The van der Waals surface area contributed by atoms with Crippen molar-refractivity contribution >= 4 is 23.0 Å². The van der Waals surface area contributed by atoms with Crippen LogP contribution in [0.15, 0.2) is 53.8 Å². The van der Waals surface area contributed by atoms with Gasteiger partial charge in [0, 0.05) is 22.7 Å². The normalized spacial score (nSPS) is 11.0. The Morgan fingerprint density at radius 2 is 1.79 bits per heavy atom. The number of aromatic nitrogens is 1. The molecular formula is C17H13N3O4. The summed E-state index contributed by atoms with van der Waals surface area (Å²) in [6.45, 7) is 0. The summed E-state index contributed by atoms with van der Waals surface area (Å²) in [6.07, 6.45) is 3.11. The van der Waals surface area contributed by atoms with Gasteiger partial charge in [-0.2, -0.15) is 5.10 Å². The van der Waals surface area contributed by atoms with Gasteiger partial charge in [-0.3, -0.25) is 9.78 Å². The van der Waals surface area contributed by atoms with Crippen molar-refractivity contribution in [2.45, 2.75) is 0 Å². The average Bonchev–Trinajstić information content (AvgIpc) is 2.59. The summed E-state index contributed by atoms with van der Waals surface area (Å²) in [4.78, 5) is 16.2. The minimum absolute atomic E-state index is 0.0421. The molecule has 0 aliphatic rings. The summed E-state index contributed by atoms with van der Waals surface area (Å²) in [5.74, 6) is -2.51. The van der Waals surface area contributed by atoms with Gasteiger partial charge < -0.3 is 15.3 Å². The fourth-order valence-corrected chi connectivity index (χ4v) is 2.19. The summed E-state index contributed by atoms with van der Waals surface area (Å²) in [5.41, 5.74) is 3.83. The van der Waals surface area contributed by atoms with E-state index >= 15 is 0 Å². The predicted octanol–water partition coefficient (Wildman–Crippen LogP) is 2.12. The molecule has 1 aromatic heterocycles. The highest BCUT2D eigenvalue weighted by Gasteiger charge is 2.12. The molecule has 24 heavy (non-hydrogen) atoms. The van der Waals surface area contributed by atoms with Gasteiger partial charge in [-0.15, -0.1) is 0 Å². The second kappa shape index (κ2) is 6.25. The van der Waals surface area contributed by atoms with Crippen LogP contribution in [-0.2, 0) is 0 Å². The fourth-order valence-electron chi connectivity index (χ4n) is 2.19. The Morgan fingerprint density at radius 1 is 1.08 bits per heavy atom. The molecule has 0 aliphatic heterocycles. The maximum absolute atomic E-state index is 12.0. The van der Waals surface area contributed by atoms with Crippen LogP contribution < -0.4 is 5.43 Å². The number of fused-ring (bicyclic) bond motifs is 1. The first kappa shape index (κ1) is 15.3. The van der Waals surface area contributed by atoms with Crippen LogP contribution in [0.2, 0.25) is 0 Å². The number of amides is 1. The quantitative estimate of drug-likeness (QED) is 0.335. The number of hydrogen-bond acceptors (Lipinski definition) is 6. The van der Waals surface area contributed by atoms with Gasteiger partial charge in [-0.1, -0.05) is 18.2 Å². The van der Waals surface area contributed by atoms with E-state index in [1.54, 1.807) is 12.3 Å². The van der Waals surface area contributed by atoms with Gasteiger partial charge in [0.25, 0.3) is 5.91 Å². The Hall–Kier alpha value is -3.61. The Labute approximate surface area is 136 Å².